The maximum atomic E-state index is 11.8. The maximum absolute atomic E-state index is 11.8. The zero-order chi connectivity index (χ0) is 12.4. The molecule has 0 fully saturated rings. The van der Waals surface area contributed by atoms with E-state index in [9.17, 15) is 4.79 Å². The predicted octanol–water partition coefficient (Wildman–Crippen LogP) is 0.906. The summed E-state index contributed by atoms with van der Waals surface area (Å²) < 4.78 is 10.6. The summed E-state index contributed by atoms with van der Waals surface area (Å²) in [4.78, 5) is 13.4. The van der Waals surface area contributed by atoms with Crippen LogP contribution in [0.4, 0.5) is 5.69 Å². The standard InChI is InChI=1S/C12H16N2O3/c1-8-4-10-11(17-7-16-10)5-9(8)14(3)12(15)6-13-2/h4-5,13H,6-7H2,1-3H3. The van der Waals surface area contributed by atoms with Gasteiger partial charge in [0, 0.05) is 13.1 Å². The highest BCUT2D eigenvalue weighted by molar-refractivity contribution is 5.95. The average Bonchev–Trinajstić information content (AvgIpc) is 2.74. The number of ether oxygens (including phenoxy) is 2. The molecule has 1 aliphatic rings. The van der Waals surface area contributed by atoms with E-state index in [0.29, 0.717) is 12.3 Å². The molecule has 1 aromatic carbocycles. The molecule has 0 saturated heterocycles. The van der Waals surface area contributed by atoms with Crippen LogP contribution in [0.5, 0.6) is 11.5 Å². The molecule has 5 nitrogen and oxygen atoms in total. The third-order valence-electron chi connectivity index (χ3n) is 2.75. The van der Waals surface area contributed by atoms with Gasteiger partial charge in [-0.2, -0.15) is 0 Å². The first-order valence-corrected chi connectivity index (χ1v) is 5.45. The van der Waals surface area contributed by atoms with Crippen molar-refractivity contribution in [3.8, 4) is 11.5 Å². The number of benzene rings is 1. The topological polar surface area (TPSA) is 50.8 Å². The number of carbonyl (C=O) groups is 1. The lowest BCUT2D eigenvalue weighted by Gasteiger charge is -2.19. The van der Waals surface area contributed by atoms with Crippen LogP contribution in [0.15, 0.2) is 12.1 Å². The Morgan fingerprint density at radius 3 is 2.71 bits per heavy atom. The summed E-state index contributed by atoms with van der Waals surface area (Å²) in [5.41, 5.74) is 1.83. The maximum Gasteiger partial charge on any atom is 0.240 e. The molecule has 0 radical (unpaired) electrons. The van der Waals surface area contributed by atoms with E-state index in [1.165, 1.54) is 0 Å². The van der Waals surface area contributed by atoms with Gasteiger partial charge in [0.1, 0.15) is 0 Å². The molecule has 1 heterocycles. The number of hydrogen-bond donors (Lipinski definition) is 1. The van der Waals surface area contributed by atoms with Crippen molar-refractivity contribution in [2.75, 3.05) is 32.3 Å². The molecule has 2 rings (SSSR count). The molecule has 92 valence electrons. The molecule has 0 atom stereocenters. The van der Waals surface area contributed by atoms with Gasteiger partial charge in [-0.3, -0.25) is 4.79 Å². The fourth-order valence-electron chi connectivity index (χ4n) is 1.80. The highest BCUT2D eigenvalue weighted by atomic mass is 16.7. The summed E-state index contributed by atoms with van der Waals surface area (Å²) in [6.07, 6.45) is 0. The summed E-state index contributed by atoms with van der Waals surface area (Å²) >= 11 is 0. The second-order valence-electron chi connectivity index (χ2n) is 3.98. The number of nitrogens with zero attached hydrogens (tertiary/aromatic N) is 1. The second-order valence-corrected chi connectivity index (χ2v) is 3.98. The van der Waals surface area contributed by atoms with Crippen molar-refractivity contribution in [2.45, 2.75) is 6.92 Å². The molecule has 0 aromatic heterocycles. The lowest BCUT2D eigenvalue weighted by molar-refractivity contribution is -0.117. The van der Waals surface area contributed by atoms with Gasteiger partial charge in [0.25, 0.3) is 0 Å². The Bertz CT molecular complexity index is 446. The largest absolute Gasteiger partial charge is 0.454 e. The molecule has 0 spiro atoms. The number of anilines is 1. The molecule has 1 N–H and O–H groups in total. The first kappa shape index (κ1) is 11.7. The van der Waals surface area contributed by atoms with E-state index < -0.39 is 0 Å². The molecule has 0 bridgehead atoms. The van der Waals surface area contributed by atoms with E-state index in [4.69, 9.17) is 9.47 Å². The van der Waals surface area contributed by atoms with E-state index in [-0.39, 0.29) is 12.7 Å². The van der Waals surface area contributed by atoms with Crippen molar-refractivity contribution in [3.05, 3.63) is 17.7 Å². The fraction of sp³-hybridized carbons (Fsp3) is 0.417. The number of amides is 1. The zero-order valence-corrected chi connectivity index (χ0v) is 10.2. The number of aryl methyl sites for hydroxylation is 1. The van der Waals surface area contributed by atoms with Crippen LogP contribution in [0.2, 0.25) is 0 Å². The van der Waals surface area contributed by atoms with Gasteiger partial charge in [-0.15, -0.1) is 0 Å². The van der Waals surface area contributed by atoms with Gasteiger partial charge in [-0.1, -0.05) is 0 Å². The zero-order valence-electron chi connectivity index (χ0n) is 10.2. The Kier molecular flexibility index (Phi) is 3.19. The van der Waals surface area contributed by atoms with E-state index in [1.54, 1.807) is 19.0 Å². The van der Waals surface area contributed by atoms with Gasteiger partial charge in [-0.05, 0) is 25.6 Å². The summed E-state index contributed by atoms with van der Waals surface area (Å²) in [6.45, 7) is 2.50. The minimum absolute atomic E-state index is 0.00876. The van der Waals surface area contributed by atoms with Crippen LogP contribution < -0.4 is 19.7 Å². The summed E-state index contributed by atoms with van der Waals surface area (Å²) in [7, 11) is 3.50. The Hall–Kier alpha value is -1.75. The number of fused-ring (bicyclic) bond motifs is 1. The van der Waals surface area contributed by atoms with Gasteiger partial charge in [0.15, 0.2) is 11.5 Å². The molecular formula is C12H16N2O3. The molecule has 0 saturated carbocycles. The van der Waals surface area contributed by atoms with Crippen molar-refractivity contribution in [2.24, 2.45) is 0 Å². The first-order chi connectivity index (χ1) is 8.13. The Morgan fingerprint density at radius 2 is 2.06 bits per heavy atom. The van der Waals surface area contributed by atoms with Crippen molar-refractivity contribution >= 4 is 11.6 Å². The summed E-state index contributed by atoms with van der Waals surface area (Å²) in [5.74, 6) is 1.44. The molecule has 1 aliphatic heterocycles. The van der Waals surface area contributed by atoms with Gasteiger partial charge >= 0.3 is 0 Å². The molecule has 17 heavy (non-hydrogen) atoms. The lowest BCUT2D eigenvalue weighted by Crippen LogP contribution is -2.34. The van der Waals surface area contributed by atoms with E-state index in [1.807, 2.05) is 19.1 Å². The minimum Gasteiger partial charge on any atom is -0.454 e. The van der Waals surface area contributed by atoms with E-state index in [0.717, 1.165) is 17.0 Å². The van der Waals surface area contributed by atoms with Gasteiger partial charge in [-0.25, -0.2) is 0 Å². The van der Waals surface area contributed by atoms with Crippen molar-refractivity contribution in [1.29, 1.82) is 0 Å². The van der Waals surface area contributed by atoms with Gasteiger partial charge in [0.05, 0.1) is 12.2 Å². The van der Waals surface area contributed by atoms with Crippen LogP contribution in [0.3, 0.4) is 0 Å². The van der Waals surface area contributed by atoms with E-state index >= 15 is 0 Å². The molecule has 5 heteroatoms. The minimum atomic E-state index is 0.00876. The van der Waals surface area contributed by atoms with Crippen molar-refractivity contribution in [1.82, 2.24) is 5.32 Å². The van der Waals surface area contributed by atoms with Crippen LogP contribution in [-0.2, 0) is 4.79 Å². The number of hydrogen-bond acceptors (Lipinski definition) is 4. The fourth-order valence-corrected chi connectivity index (χ4v) is 1.80. The molecule has 0 aliphatic carbocycles. The Labute approximate surface area is 100 Å². The Morgan fingerprint density at radius 1 is 1.41 bits per heavy atom. The SMILES string of the molecule is CNCC(=O)N(C)c1cc2c(cc1C)OCO2. The third-order valence-corrected chi connectivity index (χ3v) is 2.75. The second kappa shape index (κ2) is 4.63. The summed E-state index contributed by atoms with van der Waals surface area (Å²) in [5, 5.41) is 2.84. The Balaban J connectivity index is 2.29. The monoisotopic (exact) mass is 236 g/mol. The molecule has 0 unspecified atom stereocenters. The van der Waals surface area contributed by atoms with Crippen LogP contribution in [0, 0.1) is 6.92 Å². The number of rotatable bonds is 3. The van der Waals surface area contributed by atoms with Crippen LogP contribution in [-0.4, -0.2) is 33.3 Å². The van der Waals surface area contributed by atoms with Crippen LogP contribution >= 0.6 is 0 Å². The predicted molar refractivity (Wildman–Crippen MR) is 64.6 cm³/mol. The van der Waals surface area contributed by atoms with Crippen LogP contribution in [0.25, 0.3) is 0 Å². The lowest BCUT2D eigenvalue weighted by atomic mass is 10.1. The normalized spacial score (nSPS) is 12.6. The van der Waals surface area contributed by atoms with Crippen molar-refractivity contribution in [3.63, 3.8) is 0 Å². The third kappa shape index (κ3) is 2.19. The molecular weight excluding hydrogens is 220 g/mol. The number of nitrogens with one attached hydrogen (secondary N) is 1. The highest BCUT2D eigenvalue weighted by Gasteiger charge is 2.19. The first-order valence-electron chi connectivity index (χ1n) is 5.45. The number of carbonyl (C=O) groups excluding carboxylic acids is 1. The quantitative estimate of drug-likeness (QED) is 0.847. The molecule has 1 aromatic rings. The summed E-state index contributed by atoms with van der Waals surface area (Å²) in [6, 6.07) is 3.73. The van der Waals surface area contributed by atoms with Gasteiger partial charge < -0.3 is 19.7 Å². The highest BCUT2D eigenvalue weighted by Crippen LogP contribution is 2.37. The smallest absolute Gasteiger partial charge is 0.240 e. The van der Waals surface area contributed by atoms with Crippen molar-refractivity contribution < 1.29 is 14.3 Å². The van der Waals surface area contributed by atoms with Gasteiger partial charge in [0.2, 0.25) is 12.7 Å². The average molecular weight is 236 g/mol. The van der Waals surface area contributed by atoms with Crippen LogP contribution in [0.1, 0.15) is 5.56 Å². The number of likely N-dealkylation sites (N-methyl/N-ethyl adjacent to an activating group) is 2. The van der Waals surface area contributed by atoms with E-state index in [2.05, 4.69) is 5.32 Å². The molecule has 1 amide bonds.